The van der Waals surface area contributed by atoms with Crippen molar-refractivity contribution in [2.45, 2.75) is 111 Å². The standard InChI is InChI=1S/C31H48O3/c1-4-7-10-13-16-19-23-28-24-22-25-29(30(28)33-26-20-17-14-11-8-5-2)31(32)34-27-21-18-15-12-9-6-3/h11,13-14,16,21-22,24-25,27H,4-10,12,15,17-20,23,26H2,1-3H3. The van der Waals surface area contributed by atoms with Gasteiger partial charge in [0, 0.05) is 0 Å². The topological polar surface area (TPSA) is 35.5 Å². The summed E-state index contributed by atoms with van der Waals surface area (Å²) in [5.74, 6) is 0.339. The van der Waals surface area contributed by atoms with Crippen molar-refractivity contribution in [2.24, 2.45) is 0 Å². The number of aryl methyl sites for hydroxylation is 1. The van der Waals surface area contributed by atoms with Crippen LogP contribution in [0.1, 0.15) is 120 Å². The minimum absolute atomic E-state index is 0.344. The van der Waals surface area contributed by atoms with Crippen molar-refractivity contribution < 1.29 is 14.3 Å². The molecule has 0 spiro atoms. The highest BCUT2D eigenvalue weighted by Gasteiger charge is 2.17. The zero-order chi connectivity index (χ0) is 24.7. The van der Waals surface area contributed by atoms with Crippen molar-refractivity contribution in [1.29, 1.82) is 0 Å². The molecule has 0 fully saturated rings. The van der Waals surface area contributed by atoms with Crippen molar-refractivity contribution in [2.75, 3.05) is 6.61 Å². The third-order valence-electron chi connectivity index (χ3n) is 5.67. The van der Waals surface area contributed by atoms with Crippen LogP contribution in [0.2, 0.25) is 0 Å². The Balaban J connectivity index is 2.76. The number of hydrogen-bond acceptors (Lipinski definition) is 3. The van der Waals surface area contributed by atoms with Crippen LogP contribution >= 0.6 is 0 Å². The highest BCUT2D eigenvalue weighted by atomic mass is 16.5. The van der Waals surface area contributed by atoms with E-state index in [4.69, 9.17) is 9.47 Å². The van der Waals surface area contributed by atoms with Gasteiger partial charge in [-0.1, -0.05) is 95.7 Å². The molecule has 3 heteroatoms. The molecule has 0 saturated heterocycles. The molecular weight excluding hydrogens is 420 g/mol. The Kier molecular flexibility index (Phi) is 18.6. The largest absolute Gasteiger partial charge is 0.492 e. The number of carbonyl (C=O) groups is 1. The summed E-state index contributed by atoms with van der Waals surface area (Å²) in [6, 6.07) is 5.81. The summed E-state index contributed by atoms with van der Waals surface area (Å²) in [5, 5.41) is 0. The van der Waals surface area contributed by atoms with Crippen molar-refractivity contribution >= 4 is 5.97 Å². The van der Waals surface area contributed by atoms with Gasteiger partial charge in [-0.3, -0.25) is 0 Å². The van der Waals surface area contributed by atoms with Crippen LogP contribution in [-0.4, -0.2) is 12.6 Å². The van der Waals surface area contributed by atoms with E-state index >= 15 is 0 Å². The van der Waals surface area contributed by atoms with Gasteiger partial charge in [0.25, 0.3) is 0 Å². The molecule has 3 nitrogen and oxygen atoms in total. The fraction of sp³-hybridized carbons (Fsp3) is 0.581. The summed E-state index contributed by atoms with van der Waals surface area (Å²) < 4.78 is 11.6. The van der Waals surface area contributed by atoms with E-state index < -0.39 is 0 Å². The molecule has 0 amide bonds. The van der Waals surface area contributed by atoms with Crippen molar-refractivity contribution in [1.82, 2.24) is 0 Å². The molecule has 1 aromatic rings. The Labute approximate surface area is 209 Å². The van der Waals surface area contributed by atoms with Gasteiger partial charge in [-0.15, -0.1) is 0 Å². The lowest BCUT2D eigenvalue weighted by molar-refractivity contribution is 0.0657. The van der Waals surface area contributed by atoms with Gasteiger partial charge in [0.2, 0.25) is 0 Å². The molecule has 0 saturated carbocycles. The van der Waals surface area contributed by atoms with Crippen LogP contribution in [0.15, 0.2) is 54.8 Å². The summed E-state index contributed by atoms with van der Waals surface area (Å²) in [4.78, 5) is 12.8. The lowest BCUT2D eigenvalue weighted by Gasteiger charge is -2.14. The number of allylic oxidation sites excluding steroid dienone is 5. The predicted molar refractivity (Wildman–Crippen MR) is 146 cm³/mol. The molecule has 0 aliphatic carbocycles. The summed E-state index contributed by atoms with van der Waals surface area (Å²) in [7, 11) is 0. The monoisotopic (exact) mass is 468 g/mol. The van der Waals surface area contributed by atoms with Crippen LogP contribution in [-0.2, 0) is 11.2 Å². The third kappa shape index (κ3) is 14.1. The zero-order valence-corrected chi connectivity index (χ0v) is 22.0. The maximum Gasteiger partial charge on any atom is 0.346 e. The summed E-state index contributed by atoms with van der Waals surface area (Å²) in [6.07, 6.45) is 27.8. The first kappa shape index (κ1) is 29.7. The van der Waals surface area contributed by atoms with Crippen molar-refractivity contribution in [3.05, 3.63) is 66.0 Å². The summed E-state index contributed by atoms with van der Waals surface area (Å²) in [6.45, 7) is 7.19. The number of ether oxygens (including phenoxy) is 2. The van der Waals surface area contributed by atoms with Gasteiger partial charge in [0.1, 0.15) is 11.3 Å². The first-order chi connectivity index (χ1) is 16.7. The molecule has 0 radical (unpaired) electrons. The number of esters is 1. The Morgan fingerprint density at radius 1 is 0.735 bits per heavy atom. The molecule has 0 aromatic heterocycles. The molecule has 1 aromatic carbocycles. The normalized spacial score (nSPS) is 11.7. The van der Waals surface area contributed by atoms with Crippen LogP contribution in [0.25, 0.3) is 0 Å². The van der Waals surface area contributed by atoms with Gasteiger partial charge in [-0.05, 0) is 69.1 Å². The molecule has 1 rings (SSSR count). The third-order valence-corrected chi connectivity index (χ3v) is 5.67. The maximum absolute atomic E-state index is 12.8. The molecule has 0 aliphatic rings. The number of rotatable bonds is 20. The van der Waals surface area contributed by atoms with Gasteiger partial charge in [0.05, 0.1) is 12.9 Å². The minimum atomic E-state index is -0.344. The van der Waals surface area contributed by atoms with Crippen LogP contribution in [0.3, 0.4) is 0 Å². The first-order valence-corrected chi connectivity index (χ1v) is 13.6. The summed E-state index contributed by atoms with van der Waals surface area (Å²) >= 11 is 0. The fourth-order valence-electron chi connectivity index (χ4n) is 3.62. The van der Waals surface area contributed by atoms with Crippen LogP contribution in [0.5, 0.6) is 5.75 Å². The molecule has 0 N–H and O–H groups in total. The Bertz CT molecular complexity index is 730. The molecular formula is C31H48O3. The Hall–Kier alpha value is -2.29. The number of benzene rings is 1. The molecule has 0 heterocycles. The number of hydrogen-bond donors (Lipinski definition) is 0. The van der Waals surface area contributed by atoms with Gasteiger partial charge >= 0.3 is 5.97 Å². The van der Waals surface area contributed by atoms with E-state index in [1.54, 1.807) is 6.26 Å². The highest BCUT2D eigenvalue weighted by Crippen LogP contribution is 2.27. The van der Waals surface area contributed by atoms with E-state index in [0.717, 1.165) is 56.9 Å². The van der Waals surface area contributed by atoms with Gasteiger partial charge in [0.15, 0.2) is 0 Å². The van der Waals surface area contributed by atoms with E-state index in [-0.39, 0.29) is 5.97 Å². The summed E-state index contributed by atoms with van der Waals surface area (Å²) in [5.41, 5.74) is 1.59. The highest BCUT2D eigenvalue weighted by molar-refractivity contribution is 5.93. The fourth-order valence-corrected chi connectivity index (χ4v) is 3.62. The molecule has 0 unspecified atom stereocenters. The molecule has 0 aliphatic heterocycles. The molecule has 34 heavy (non-hydrogen) atoms. The van der Waals surface area contributed by atoms with Crippen LogP contribution < -0.4 is 4.74 Å². The first-order valence-electron chi connectivity index (χ1n) is 13.6. The number of unbranched alkanes of at least 4 members (excludes halogenated alkanes) is 8. The maximum atomic E-state index is 12.8. The average Bonchev–Trinajstić information content (AvgIpc) is 2.85. The van der Waals surface area contributed by atoms with E-state index in [2.05, 4.69) is 51.1 Å². The van der Waals surface area contributed by atoms with Crippen molar-refractivity contribution in [3.8, 4) is 5.75 Å². The molecule has 190 valence electrons. The molecule has 0 bridgehead atoms. The second-order valence-electron chi connectivity index (χ2n) is 8.82. The Morgan fingerprint density at radius 3 is 2.21 bits per heavy atom. The number of carbonyl (C=O) groups excluding carboxylic acids is 1. The van der Waals surface area contributed by atoms with E-state index in [1.165, 1.54) is 38.5 Å². The van der Waals surface area contributed by atoms with Crippen LogP contribution in [0, 0.1) is 0 Å². The predicted octanol–water partition coefficient (Wildman–Crippen LogP) is 9.52. The SMILES string of the molecule is CCCC=CCCCOc1c(CCC=CCCCC)cccc1C(=O)OC=CCCCCCC. The minimum Gasteiger partial charge on any atom is -0.492 e. The van der Waals surface area contributed by atoms with E-state index in [1.807, 2.05) is 18.2 Å². The van der Waals surface area contributed by atoms with Gasteiger partial charge < -0.3 is 9.47 Å². The Morgan fingerprint density at radius 2 is 1.44 bits per heavy atom. The van der Waals surface area contributed by atoms with Gasteiger partial charge in [-0.25, -0.2) is 4.79 Å². The van der Waals surface area contributed by atoms with Gasteiger partial charge in [-0.2, -0.15) is 0 Å². The second kappa shape index (κ2) is 21.3. The number of para-hydroxylation sites is 1. The molecule has 0 atom stereocenters. The van der Waals surface area contributed by atoms with Crippen LogP contribution in [0.4, 0.5) is 0 Å². The quantitative estimate of drug-likeness (QED) is 0.0827. The van der Waals surface area contributed by atoms with E-state index in [9.17, 15) is 4.79 Å². The zero-order valence-electron chi connectivity index (χ0n) is 22.0. The average molecular weight is 469 g/mol. The second-order valence-corrected chi connectivity index (χ2v) is 8.82. The van der Waals surface area contributed by atoms with E-state index in [0.29, 0.717) is 17.9 Å². The lowest BCUT2D eigenvalue weighted by Crippen LogP contribution is -2.09. The lowest BCUT2D eigenvalue weighted by atomic mass is 10.0. The smallest absolute Gasteiger partial charge is 0.346 e. The van der Waals surface area contributed by atoms with Crippen molar-refractivity contribution in [3.63, 3.8) is 0 Å².